The zero-order valence-electron chi connectivity index (χ0n) is 11.6. The van der Waals surface area contributed by atoms with E-state index in [4.69, 9.17) is 4.74 Å². The Hall–Kier alpha value is -1.40. The standard InChI is InChI=1S/C16H14Br2FNO2/c17-11-3-1-4-13(9-11)22-8-2-5-16(21)20-15-7-6-12(19)10-14(15)18/h1,3-4,6-7,9-10H,2,5,8H2,(H,20,21). The maximum absolute atomic E-state index is 13.0. The summed E-state index contributed by atoms with van der Waals surface area (Å²) in [5.74, 6) is 0.272. The highest BCUT2D eigenvalue weighted by Crippen LogP contribution is 2.23. The van der Waals surface area contributed by atoms with Gasteiger partial charge in [-0.1, -0.05) is 22.0 Å². The predicted molar refractivity (Wildman–Crippen MR) is 91.6 cm³/mol. The minimum Gasteiger partial charge on any atom is -0.494 e. The number of rotatable bonds is 6. The Morgan fingerprint density at radius 3 is 2.73 bits per heavy atom. The molecule has 6 heteroatoms. The quantitative estimate of drug-likeness (QED) is 0.643. The second-order valence-corrected chi connectivity index (χ2v) is 6.35. The topological polar surface area (TPSA) is 38.3 Å². The van der Waals surface area contributed by atoms with Gasteiger partial charge in [0.25, 0.3) is 0 Å². The molecule has 22 heavy (non-hydrogen) atoms. The highest BCUT2D eigenvalue weighted by atomic mass is 79.9. The molecule has 3 nitrogen and oxygen atoms in total. The van der Waals surface area contributed by atoms with Crippen LogP contribution in [0.4, 0.5) is 10.1 Å². The Kier molecular flexibility index (Phi) is 6.39. The van der Waals surface area contributed by atoms with Crippen LogP contribution in [0.5, 0.6) is 5.75 Å². The second kappa shape index (κ2) is 8.29. The third-order valence-electron chi connectivity index (χ3n) is 2.82. The van der Waals surface area contributed by atoms with E-state index in [9.17, 15) is 9.18 Å². The van der Waals surface area contributed by atoms with Crippen LogP contribution in [-0.2, 0) is 4.79 Å². The van der Waals surface area contributed by atoms with Gasteiger partial charge in [0.05, 0.1) is 12.3 Å². The van der Waals surface area contributed by atoms with Gasteiger partial charge in [-0.05, 0) is 58.7 Å². The largest absolute Gasteiger partial charge is 0.494 e. The summed E-state index contributed by atoms with van der Waals surface area (Å²) in [5, 5.41) is 2.73. The first-order valence-electron chi connectivity index (χ1n) is 6.68. The first kappa shape index (κ1) is 17.0. The van der Waals surface area contributed by atoms with Gasteiger partial charge in [0, 0.05) is 15.4 Å². The fourth-order valence-electron chi connectivity index (χ4n) is 1.78. The molecular weight excluding hydrogens is 417 g/mol. The van der Waals surface area contributed by atoms with E-state index >= 15 is 0 Å². The Bertz CT molecular complexity index is 664. The Labute approximate surface area is 145 Å². The number of carbonyl (C=O) groups is 1. The lowest BCUT2D eigenvalue weighted by atomic mass is 10.2. The lowest BCUT2D eigenvalue weighted by Gasteiger charge is -2.08. The van der Waals surface area contributed by atoms with Crippen molar-refractivity contribution in [1.82, 2.24) is 0 Å². The van der Waals surface area contributed by atoms with E-state index in [0.717, 1.165) is 10.2 Å². The summed E-state index contributed by atoms with van der Waals surface area (Å²) < 4.78 is 20.0. The Balaban J connectivity index is 1.74. The highest BCUT2D eigenvalue weighted by Gasteiger charge is 2.06. The number of amides is 1. The summed E-state index contributed by atoms with van der Waals surface area (Å²) in [6.45, 7) is 0.453. The molecule has 0 heterocycles. The Morgan fingerprint density at radius 2 is 2.00 bits per heavy atom. The van der Waals surface area contributed by atoms with E-state index in [0.29, 0.717) is 29.6 Å². The molecular formula is C16H14Br2FNO2. The number of hydrogen-bond acceptors (Lipinski definition) is 2. The SMILES string of the molecule is O=C(CCCOc1cccc(Br)c1)Nc1ccc(F)cc1Br. The molecule has 1 N–H and O–H groups in total. The van der Waals surface area contributed by atoms with Crippen LogP contribution >= 0.6 is 31.9 Å². The smallest absolute Gasteiger partial charge is 0.224 e. The molecule has 0 atom stereocenters. The first-order valence-corrected chi connectivity index (χ1v) is 8.26. The fraction of sp³-hybridized carbons (Fsp3) is 0.188. The number of hydrogen-bond donors (Lipinski definition) is 1. The zero-order valence-corrected chi connectivity index (χ0v) is 14.8. The van der Waals surface area contributed by atoms with Gasteiger partial charge in [0.1, 0.15) is 11.6 Å². The van der Waals surface area contributed by atoms with Crippen LogP contribution in [0, 0.1) is 5.82 Å². The van der Waals surface area contributed by atoms with Crippen molar-refractivity contribution >= 4 is 43.5 Å². The molecule has 0 aliphatic carbocycles. The number of carbonyl (C=O) groups excluding carboxylic acids is 1. The number of benzene rings is 2. The molecule has 0 radical (unpaired) electrons. The van der Waals surface area contributed by atoms with E-state index in [2.05, 4.69) is 37.2 Å². The molecule has 0 aromatic heterocycles. The van der Waals surface area contributed by atoms with Gasteiger partial charge in [0.15, 0.2) is 0 Å². The molecule has 1 amide bonds. The monoisotopic (exact) mass is 429 g/mol. The molecule has 2 aromatic rings. The van der Waals surface area contributed by atoms with Crippen LogP contribution in [0.25, 0.3) is 0 Å². The third-order valence-corrected chi connectivity index (χ3v) is 3.97. The molecule has 0 bridgehead atoms. The molecule has 0 fully saturated rings. The van der Waals surface area contributed by atoms with Crippen molar-refractivity contribution < 1.29 is 13.9 Å². The molecule has 2 rings (SSSR count). The van der Waals surface area contributed by atoms with Crippen molar-refractivity contribution in [2.45, 2.75) is 12.8 Å². The van der Waals surface area contributed by atoms with Crippen molar-refractivity contribution in [2.75, 3.05) is 11.9 Å². The number of nitrogens with one attached hydrogen (secondary N) is 1. The second-order valence-electron chi connectivity index (χ2n) is 4.58. The summed E-state index contributed by atoms with van der Waals surface area (Å²) in [6, 6.07) is 11.7. The van der Waals surface area contributed by atoms with Crippen molar-refractivity contribution in [3.05, 3.63) is 57.2 Å². The fourth-order valence-corrected chi connectivity index (χ4v) is 2.61. The number of ether oxygens (including phenoxy) is 1. The predicted octanol–water partition coefficient (Wildman–Crippen LogP) is 5.15. The van der Waals surface area contributed by atoms with Crippen LogP contribution in [0.15, 0.2) is 51.4 Å². The van der Waals surface area contributed by atoms with Crippen molar-refractivity contribution in [1.29, 1.82) is 0 Å². The molecule has 0 aliphatic heterocycles. The van der Waals surface area contributed by atoms with Gasteiger partial charge in [0.2, 0.25) is 5.91 Å². The minimum atomic E-state index is -0.354. The highest BCUT2D eigenvalue weighted by molar-refractivity contribution is 9.10. The van der Waals surface area contributed by atoms with Crippen molar-refractivity contribution in [3.8, 4) is 5.75 Å². The number of anilines is 1. The van der Waals surface area contributed by atoms with Crippen molar-refractivity contribution in [2.24, 2.45) is 0 Å². The normalized spacial score (nSPS) is 10.3. The average molecular weight is 431 g/mol. The van der Waals surface area contributed by atoms with Gasteiger partial charge in [-0.25, -0.2) is 4.39 Å². The van der Waals surface area contributed by atoms with Crippen LogP contribution in [0.2, 0.25) is 0 Å². The van der Waals surface area contributed by atoms with Crippen LogP contribution < -0.4 is 10.1 Å². The molecule has 0 saturated carbocycles. The Morgan fingerprint density at radius 1 is 1.18 bits per heavy atom. The molecule has 116 valence electrons. The van der Waals surface area contributed by atoms with Gasteiger partial charge in [-0.3, -0.25) is 4.79 Å². The van der Waals surface area contributed by atoms with Gasteiger partial charge in [-0.15, -0.1) is 0 Å². The van der Waals surface area contributed by atoms with E-state index < -0.39 is 0 Å². The summed E-state index contributed by atoms with van der Waals surface area (Å²) in [7, 11) is 0. The maximum Gasteiger partial charge on any atom is 0.224 e. The van der Waals surface area contributed by atoms with Crippen molar-refractivity contribution in [3.63, 3.8) is 0 Å². The van der Waals surface area contributed by atoms with E-state index in [1.165, 1.54) is 18.2 Å². The summed E-state index contributed by atoms with van der Waals surface area (Å²) in [6.07, 6.45) is 0.926. The molecule has 0 spiro atoms. The number of halogens is 3. The molecule has 0 saturated heterocycles. The van der Waals surface area contributed by atoms with E-state index in [1.54, 1.807) is 0 Å². The van der Waals surface area contributed by atoms with E-state index in [-0.39, 0.29) is 11.7 Å². The zero-order chi connectivity index (χ0) is 15.9. The summed E-state index contributed by atoms with van der Waals surface area (Å²) in [5.41, 5.74) is 0.555. The van der Waals surface area contributed by atoms with Crippen LogP contribution in [0.3, 0.4) is 0 Å². The lowest BCUT2D eigenvalue weighted by Crippen LogP contribution is -2.13. The van der Waals surface area contributed by atoms with E-state index in [1.807, 2.05) is 24.3 Å². The molecule has 0 aliphatic rings. The van der Waals surface area contributed by atoms with Crippen LogP contribution in [0.1, 0.15) is 12.8 Å². The average Bonchev–Trinajstić information content (AvgIpc) is 2.47. The minimum absolute atomic E-state index is 0.134. The van der Waals surface area contributed by atoms with Gasteiger partial charge in [-0.2, -0.15) is 0 Å². The molecule has 0 unspecified atom stereocenters. The summed E-state index contributed by atoms with van der Waals surface area (Å²) in [4.78, 5) is 11.8. The summed E-state index contributed by atoms with van der Waals surface area (Å²) >= 11 is 6.58. The van der Waals surface area contributed by atoms with Gasteiger partial charge >= 0.3 is 0 Å². The maximum atomic E-state index is 13.0. The molecule has 2 aromatic carbocycles. The third kappa shape index (κ3) is 5.42. The first-order chi connectivity index (χ1) is 10.5. The lowest BCUT2D eigenvalue weighted by molar-refractivity contribution is -0.116. The van der Waals surface area contributed by atoms with Gasteiger partial charge < -0.3 is 10.1 Å². The van der Waals surface area contributed by atoms with Crippen LogP contribution in [-0.4, -0.2) is 12.5 Å².